The molecule has 0 bridgehead atoms. The van der Waals surface area contributed by atoms with Crippen LogP contribution in [0.25, 0.3) is 0 Å². The third kappa shape index (κ3) is 4.25. The summed E-state index contributed by atoms with van der Waals surface area (Å²) < 4.78 is 5.47. The molecule has 3 rings (SSSR count). The van der Waals surface area contributed by atoms with Gasteiger partial charge in [0, 0.05) is 19.7 Å². The highest BCUT2D eigenvalue weighted by atomic mass is 16.5. The normalized spacial score (nSPS) is 13.7. The van der Waals surface area contributed by atoms with Crippen LogP contribution in [0.1, 0.15) is 12.5 Å². The number of rotatable bonds is 7. The molecule has 0 aliphatic carbocycles. The highest BCUT2D eigenvalue weighted by Crippen LogP contribution is 2.40. The molecule has 6 heteroatoms. The molecule has 150 valence electrons. The number of ketones is 1. The van der Waals surface area contributed by atoms with E-state index < -0.39 is 0 Å². The molecular formula is C23H27N4O2+. The Morgan fingerprint density at radius 1 is 1.07 bits per heavy atom. The second-order valence-corrected chi connectivity index (χ2v) is 7.23. The third-order valence-electron chi connectivity index (χ3n) is 5.06. The lowest BCUT2D eigenvalue weighted by molar-refractivity contribution is -0.885. The zero-order chi connectivity index (χ0) is 21.0. The van der Waals surface area contributed by atoms with E-state index in [9.17, 15) is 10.1 Å². The molecule has 0 radical (unpaired) electrons. The van der Waals surface area contributed by atoms with Crippen LogP contribution in [0.4, 0.5) is 11.4 Å². The predicted octanol–water partition coefficient (Wildman–Crippen LogP) is 1.99. The molecule has 1 aliphatic rings. The maximum atomic E-state index is 13.0. The highest BCUT2D eigenvalue weighted by molar-refractivity contribution is 6.03. The lowest BCUT2D eigenvalue weighted by Crippen LogP contribution is -3.08. The van der Waals surface area contributed by atoms with E-state index in [2.05, 4.69) is 6.07 Å². The SMILES string of the molecule is CCOc1ccc(C[NH+](C)CC(=O)C(C#N)=C2N(C)c3ccccc3N2C)cc1. The lowest BCUT2D eigenvalue weighted by Gasteiger charge is -2.20. The number of hydrogen-bond donors (Lipinski definition) is 1. The number of nitrogens with one attached hydrogen (secondary N) is 1. The average Bonchev–Trinajstić information content (AvgIpc) is 2.96. The van der Waals surface area contributed by atoms with Crippen molar-refractivity contribution in [3.8, 4) is 11.8 Å². The summed E-state index contributed by atoms with van der Waals surface area (Å²) in [6.45, 7) is 3.53. The molecule has 1 aliphatic heterocycles. The Morgan fingerprint density at radius 2 is 1.66 bits per heavy atom. The number of nitriles is 1. The van der Waals surface area contributed by atoms with Gasteiger partial charge in [-0.3, -0.25) is 4.79 Å². The van der Waals surface area contributed by atoms with Crippen molar-refractivity contribution in [3.05, 3.63) is 65.5 Å². The second-order valence-electron chi connectivity index (χ2n) is 7.23. The number of benzene rings is 2. The molecule has 0 amide bonds. The second kappa shape index (κ2) is 8.80. The Labute approximate surface area is 172 Å². The van der Waals surface area contributed by atoms with Crippen molar-refractivity contribution in [1.29, 1.82) is 5.26 Å². The minimum atomic E-state index is -0.155. The molecule has 1 unspecified atom stereocenters. The summed E-state index contributed by atoms with van der Waals surface area (Å²) >= 11 is 0. The van der Waals surface area contributed by atoms with E-state index in [0.717, 1.165) is 27.6 Å². The summed E-state index contributed by atoms with van der Waals surface area (Å²) in [7, 11) is 5.74. The fraction of sp³-hybridized carbons (Fsp3) is 0.304. The fourth-order valence-corrected chi connectivity index (χ4v) is 3.70. The molecule has 0 saturated heterocycles. The Bertz CT molecular complexity index is 929. The van der Waals surface area contributed by atoms with Gasteiger partial charge in [-0.15, -0.1) is 0 Å². The number of para-hydroxylation sites is 2. The van der Waals surface area contributed by atoms with Gasteiger partial charge in [-0.2, -0.15) is 5.26 Å². The number of anilines is 2. The van der Waals surface area contributed by atoms with E-state index >= 15 is 0 Å². The van der Waals surface area contributed by atoms with Gasteiger partial charge >= 0.3 is 0 Å². The van der Waals surface area contributed by atoms with Crippen molar-refractivity contribution in [2.45, 2.75) is 13.5 Å². The predicted molar refractivity (Wildman–Crippen MR) is 114 cm³/mol. The molecule has 1 N–H and O–H groups in total. The van der Waals surface area contributed by atoms with Crippen LogP contribution in [0.2, 0.25) is 0 Å². The smallest absolute Gasteiger partial charge is 0.231 e. The van der Waals surface area contributed by atoms with Crippen LogP contribution in [0.5, 0.6) is 5.75 Å². The van der Waals surface area contributed by atoms with E-state index in [1.807, 2.05) is 86.4 Å². The van der Waals surface area contributed by atoms with Crippen LogP contribution in [-0.2, 0) is 11.3 Å². The molecular weight excluding hydrogens is 364 g/mol. The summed E-state index contributed by atoms with van der Waals surface area (Å²) in [5.41, 5.74) is 3.28. The summed E-state index contributed by atoms with van der Waals surface area (Å²) in [5, 5.41) is 9.75. The largest absolute Gasteiger partial charge is 0.494 e. The first-order valence-corrected chi connectivity index (χ1v) is 9.73. The van der Waals surface area contributed by atoms with E-state index in [0.29, 0.717) is 19.0 Å². The van der Waals surface area contributed by atoms with Gasteiger partial charge in [0.1, 0.15) is 36.3 Å². The Kier molecular flexibility index (Phi) is 6.20. The van der Waals surface area contributed by atoms with Crippen molar-refractivity contribution in [2.75, 3.05) is 44.1 Å². The van der Waals surface area contributed by atoms with Gasteiger partial charge in [0.25, 0.3) is 0 Å². The van der Waals surface area contributed by atoms with E-state index in [4.69, 9.17) is 4.74 Å². The molecule has 0 fully saturated rings. The van der Waals surface area contributed by atoms with Crippen LogP contribution in [0.15, 0.2) is 59.9 Å². The first-order chi connectivity index (χ1) is 14.0. The van der Waals surface area contributed by atoms with E-state index in [-0.39, 0.29) is 17.9 Å². The summed E-state index contributed by atoms with van der Waals surface area (Å²) in [4.78, 5) is 17.8. The van der Waals surface area contributed by atoms with Gasteiger partial charge < -0.3 is 19.4 Å². The number of ether oxygens (including phenoxy) is 1. The molecule has 29 heavy (non-hydrogen) atoms. The summed E-state index contributed by atoms with van der Waals surface area (Å²) in [6, 6.07) is 17.9. The van der Waals surface area contributed by atoms with Gasteiger partial charge in [-0.05, 0) is 43.3 Å². The number of likely N-dealkylation sites (N-methyl/N-ethyl adjacent to an activating group) is 1. The van der Waals surface area contributed by atoms with Gasteiger partial charge in [-0.1, -0.05) is 12.1 Å². The fourth-order valence-electron chi connectivity index (χ4n) is 3.70. The number of carbonyl (C=O) groups is 1. The first-order valence-electron chi connectivity index (χ1n) is 9.73. The molecule has 0 aromatic heterocycles. The molecule has 0 spiro atoms. The molecule has 0 saturated carbocycles. The van der Waals surface area contributed by atoms with Gasteiger partial charge in [0.05, 0.1) is 25.0 Å². The number of Topliss-reactive ketones (excluding diaryl/α,β-unsaturated/α-hetero) is 1. The van der Waals surface area contributed by atoms with Gasteiger partial charge in [0.15, 0.2) is 0 Å². The Balaban J connectivity index is 1.73. The number of quaternary nitrogens is 1. The first kappa shape index (κ1) is 20.4. The van der Waals surface area contributed by atoms with Crippen molar-refractivity contribution < 1.29 is 14.4 Å². The van der Waals surface area contributed by atoms with E-state index in [1.54, 1.807) is 0 Å². The maximum Gasteiger partial charge on any atom is 0.231 e. The van der Waals surface area contributed by atoms with Crippen molar-refractivity contribution >= 4 is 17.2 Å². The summed E-state index contributed by atoms with van der Waals surface area (Å²) in [6.07, 6.45) is 0. The van der Waals surface area contributed by atoms with Gasteiger partial charge in [0.2, 0.25) is 5.78 Å². The molecule has 2 aromatic rings. The number of nitrogens with zero attached hydrogens (tertiary/aromatic N) is 3. The minimum absolute atomic E-state index is 0.155. The van der Waals surface area contributed by atoms with Crippen LogP contribution >= 0.6 is 0 Å². The topological polar surface area (TPSA) is 61.0 Å². The quantitative estimate of drug-likeness (QED) is 0.578. The minimum Gasteiger partial charge on any atom is -0.494 e. The Morgan fingerprint density at radius 3 is 2.17 bits per heavy atom. The van der Waals surface area contributed by atoms with Crippen molar-refractivity contribution in [1.82, 2.24) is 0 Å². The molecule has 6 nitrogen and oxygen atoms in total. The van der Waals surface area contributed by atoms with Crippen LogP contribution in [-0.4, -0.2) is 40.1 Å². The Hall–Kier alpha value is -3.30. The molecule has 2 aromatic carbocycles. The van der Waals surface area contributed by atoms with Crippen LogP contribution in [0.3, 0.4) is 0 Å². The zero-order valence-electron chi connectivity index (χ0n) is 17.4. The standard InChI is InChI=1S/C23H26N4O2/c1-5-29-18-12-10-17(11-13-18)15-25(2)16-22(28)19(14-24)23-26(3)20-8-6-7-9-21(20)27(23)4/h6-13H,5,15-16H2,1-4H3/p+1. The highest BCUT2D eigenvalue weighted by Gasteiger charge is 2.32. The number of carbonyl (C=O) groups excluding carboxylic acids is 1. The summed E-state index contributed by atoms with van der Waals surface area (Å²) in [5.74, 6) is 1.32. The lowest BCUT2D eigenvalue weighted by atomic mass is 10.1. The van der Waals surface area contributed by atoms with Gasteiger partial charge in [-0.25, -0.2) is 0 Å². The zero-order valence-corrected chi connectivity index (χ0v) is 17.4. The van der Waals surface area contributed by atoms with Crippen molar-refractivity contribution in [3.63, 3.8) is 0 Å². The molecule has 1 atom stereocenters. The maximum absolute atomic E-state index is 13.0. The average molecular weight is 391 g/mol. The monoisotopic (exact) mass is 391 g/mol. The van der Waals surface area contributed by atoms with Crippen molar-refractivity contribution in [2.24, 2.45) is 0 Å². The number of hydrogen-bond acceptors (Lipinski definition) is 5. The van der Waals surface area contributed by atoms with Crippen LogP contribution < -0.4 is 19.4 Å². The van der Waals surface area contributed by atoms with Crippen LogP contribution in [0, 0.1) is 11.3 Å². The van der Waals surface area contributed by atoms with E-state index in [1.165, 1.54) is 0 Å². The number of fused-ring (bicyclic) bond motifs is 1. The molecule has 1 heterocycles. The third-order valence-corrected chi connectivity index (χ3v) is 5.06.